The van der Waals surface area contributed by atoms with Gasteiger partial charge in [-0.15, -0.1) is 0 Å². The highest BCUT2D eigenvalue weighted by molar-refractivity contribution is 4.69. The molecule has 1 radical (unpaired) electrons. The van der Waals surface area contributed by atoms with E-state index in [0.717, 1.165) is 13.1 Å². The molecule has 1 saturated heterocycles. The largest absolute Gasteiger partial charge is 0.389 e. The van der Waals surface area contributed by atoms with Crippen LogP contribution in [0.3, 0.4) is 0 Å². The van der Waals surface area contributed by atoms with Crippen LogP contribution in [0.1, 0.15) is 12.8 Å². The van der Waals surface area contributed by atoms with Crippen LogP contribution in [0, 0.1) is 0 Å². The van der Waals surface area contributed by atoms with E-state index in [0.29, 0.717) is 6.54 Å². The highest BCUT2D eigenvalue weighted by Gasteiger charge is 2.14. The highest BCUT2D eigenvalue weighted by atomic mass is 16.3. The molecule has 0 amide bonds. The fourth-order valence-electron chi connectivity index (χ4n) is 1.32. The molecule has 0 unspecified atom stereocenters. The van der Waals surface area contributed by atoms with Crippen molar-refractivity contribution in [2.24, 2.45) is 0 Å². The molecule has 0 aliphatic carbocycles. The van der Waals surface area contributed by atoms with Crippen molar-refractivity contribution in [3.8, 4) is 0 Å². The van der Waals surface area contributed by atoms with Crippen molar-refractivity contribution in [2.45, 2.75) is 18.9 Å². The van der Waals surface area contributed by atoms with E-state index in [1.54, 1.807) is 0 Å². The van der Waals surface area contributed by atoms with Gasteiger partial charge in [0.2, 0.25) is 0 Å². The van der Waals surface area contributed by atoms with Crippen LogP contribution in [-0.2, 0) is 5.11 Å². The Morgan fingerprint density at radius 1 is 1.40 bits per heavy atom. The predicted octanol–water partition coefficient (Wildman–Crippen LogP) is -0.126. The molecule has 1 rings (SSSR count). The third-order valence-corrected chi connectivity index (χ3v) is 1.86. The summed E-state index contributed by atoms with van der Waals surface area (Å²) in [4.78, 5) is 2.14. The van der Waals surface area contributed by atoms with Gasteiger partial charge >= 0.3 is 0 Å². The summed E-state index contributed by atoms with van der Waals surface area (Å²) < 4.78 is 0. The number of aliphatic hydroxyl groups is 1. The lowest BCUT2D eigenvalue weighted by Gasteiger charge is -2.16. The fourth-order valence-corrected chi connectivity index (χ4v) is 1.32. The van der Waals surface area contributed by atoms with Gasteiger partial charge in [0.25, 0.3) is 0 Å². The van der Waals surface area contributed by atoms with Crippen LogP contribution in [0.5, 0.6) is 0 Å². The van der Waals surface area contributed by atoms with Crippen molar-refractivity contribution < 1.29 is 10.2 Å². The van der Waals surface area contributed by atoms with Gasteiger partial charge in [-0.25, -0.2) is 5.11 Å². The van der Waals surface area contributed by atoms with E-state index < -0.39 is 6.10 Å². The van der Waals surface area contributed by atoms with Crippen LogP contribution in [0.2, 0.25) is 0 Å². The molecule has 3 heteroatoms. The Bertz CT molecular complexity index is 91.6. The minimum absolute atomic E-state index is 0.365. The van der Waals surface area contributed by atoms with Gasteiger partial charge in [0.1, 0.15) is 6.61 Å². The maximum absolute atomic E-state index is 10.1. The van der Waals surface area contributed by atoms with Crippen molar-refractivity contribution in [2.75, 3.05) is 26.2 Å². The number of nitrogens with zero attached hydrogens (tertiary/aromatic N) is 1. The molecule has 1 fully saturated rings. The molecule has 59 valence electrons. The zero-order valence-corrected chi connectivity index (χ0v) is 6.12. The fraction of sp³-hybridized carbons (Fsp3) is 1.00. The average Bonchev–Trinajstić information content (AvgIpc) is 2.40. The van der Waals surface area contributed by atoms with Crippen LogP contribution in [0.4, 0.5) is 0 Å². The summed E-state index contributed by atoms with van der Waals surface area (Å²) in [5.41, 5.74) is 0. The van der Waals surface area contributed by atoms with Crippen LogP contribution in [-0.4, -0.2) is 42.4 Å². The third kappa shape index (κ3) is 2.25. The van der Waals surface area contributed by atoms with Crippen LogP contribution in [0.25, 0.3) is 0 Å². The van der Waals surface area contributed by atoms with Crippen LogP contribution >= 0.6 is 0 Å². The Hall–Kier alpha value is -0.120. The summed E-state index contributed by atoms with van der Waals surface area (Å²) in [6.07, 6.45) is 1.77. The van der Waals surface area contributed by atoms with E-state index in [4.69, 9.17) is 5.11 Å². The van der Waals surface area contributed by atoms with E-state index in [9.17, 15) is 5.11 Å². The molecule has 0 saturated carbocycles. The average molecular weight is 144 g/mol. The van der Waals surface area contributed by atoms with E-state index in [1.807, 2.05) is 0 Å². The maximum atomic E-state index is 10.1. The lowest BCUT2D eigenvalue weighted by molar-refractivity contribution is 0.0345. The summed E-state index contributed by atoms with van der Waals surface area (Å²) in [6.45, 7) is 2.31. The summed E-state index contributed by atoms with van der Waals surface area (Å²) in [7, 11) is 0. The predicted molar refractivity (Wildman–Crippen MR) is 37.2 cm³/mol. The summed E-state index contributed by atoms with van der Waals surface area (Å²) in [6, 6.07) is 0. The van der Waals surface area contributed by atoms with Crippen LogP contribution < -0.4 is 0 Å². The zero-order chi connectivity index (χ0) is 7.40. The Morgan fingerprint density at radius 3 is 2.50 bits per heavy atom. The van der Waals surface area contributed by atoms with E-state index in [-0.39, 0.29) is 6.61 Å². The molecule has 0 aromatic carbocycles. The standard InChI is InChI=1S/C7H14NO2/c9-6-7(10)5-8-3-1-2-4-8/h7,10H,1-6H2/t7-/m1/s1. The lowest BCUT2D eigenvalue weighted by Crippen LogP contribution is -2.31. The number of β-amino-alcohol motifs (C(OH)–C–C–N with tert-alkyl or cyclic N) is 1. The molecule has 1 aliphatic heterocycles. The Kier molecular flexibility index (Phi) is 3.12. The van der Waals surface area contributed by atoms with Gasteiger partial charge in [-0.1, -0.05) is 0 Å². The van der Waals surface area contributed by atoms with E-state index in [1.165, 1.54) is 12.8 Å². The highest BCUT2D eigenvalue weighted by Crippen LogP contribution is 2.07. The first-order valence-corrected chi connectivity index (χ1v) is 3.81. The van der Waals surface area contributed by atoms with Gasteiger partial charge in [0.05, 0.1) is 6.10 Å². The molecule has 0 aromatic rings. The summed E-state index contributed by atoms with van der Waals surface area (Å²) in [5.74, 6) is 0. The second-order valence-electron chi connectivity index (χ2n) is 2.83. The molecule has 1 aliphatic rings. The topological polar surface area (TPSA) is 43.4 Å². The van der Waals surface area contributed by atoms with Gasteiger partial charge in [-0.2, -0.15) is 0 Å². The molecule has 0 bridgehead atoms. The van der Waals surface area contributed by atoms with Crippen molar-refractivity contribution in [1.82, 2.24) is 4.90 Å². The minimum atomic E-state index is -0.655. The molecule has 0 aromatic heterocycles. The lowest BCUT2D eigenvalue weighted by atomic mass is 10.3. The molecule has 0 spiro atoms. The van der Waals surface area contributed by atoms with E-state index in [2.05, 4.69) is 4.90 Å². The monoisotopic (exact) mass is 144 g/mol. The maximum Gasteiger partial charge on any atom is 0.109 e. The van der Waals surface area contributed by atoms with Crippen molar-refractivity contribution in [3.63, 3.8) is 0 Å². The van der Waals surface area contributed by atoms with Crippen molar-refractivity contribution in [3.05, 3.63) is 0 Å². The number of likely N-dealkylation sites (tertiary alicyclic amines) is 1. The Balaban J connectivity index is 2.11. The zero-order valence-electron chi connectivity index (χ0n) is 6.12. The molecule has 10 heavy (non-hydrogen) atoms. The molecule has 1 heterocycles. The molecular formula is C7H14NO2. The number of hydrogen-bond acceptors (Lipinski definition) is 2. The second kappa shape index (κ2) is 3.91. The van der Waals surface area contributed by atoms with Gasteiger partial charge in [0.15, 0.2) is 0 Å². The first kappa shape index (κ1) is 7.98. The van der Waals surface area contributed by atoms with Gasteiger partial charge in [0, 0.05) is 6.54 Å². The summed E-state index contributed by atoms with van der Waals surface area (Å²) in [5, 5.41) is 19.1. The third-order valence-electron chi connectivity index (χ3n) is 1.86. The van der Waals surface area contributed by atoms with Gasteiger partial charge in [-0.3, -0.25) is 0 Å². The molecule has 1 N–H and O–H groups in total. The second-order valence-corrected chi connectivity index (χ2v) is 2.83. The Morgan fingerprint density at radius 2 is 2.00 bits per heavy atom. The van der Waals surface area contributed by atoms with Crippen LogP contribution in [0.15, 0.2) is 0 Å². The van der Waals surface area contributed by atoms with Gasteiger partial charge < -0.3 is 10.0 Å². The normalized spacial score (nSPS) is 23.4. The van der Waals surface area contributed by atoms with Crippen molar-refractivity contribution in [1.29, 1.82) is 0 Å². The molecule has 3 nitrogen and oxygen atoms in total. The molecular weight excluding hydrogens is 130 g/mol. The number of hydrogen-bond donors (Lipinski definition) is 1. The molecule has 1 atom stereocenters. The smallest absolute Gasteiger partial charge is 0.109 e. The SMILES string of the molecule is [O]C[C@H](O)CN1CCCC1. The first-order valence-electron chi connectivity index (χ1n) is 3.81. The minimum Gasteiger partial charge on any atom is -0.389 e. The number of aliphatic hydroxyl groups excluding tert-OH is 1. The Labute approximate surface area is 61.3 Å². The van der Waals surface area contributed by atoms with Crippen molar-refractivity contribution >= 4 is 0 Å². The first-order chi connectivity index (χ1) is 4.83. The van der Waals surface area contributed by atoms with E-state index >= 15 is 0 Å². The van der Waals surface area contributed by atoms with Gasteiger partial charge in [-0.05, 0) is 25.9 Å². The quantitative estimate of drug-likeness (QED) is 0.599. The summed E-state index contributed by atoms with van der Waals surface area (Å²) >= 11 is 0. The number of rotatable bonds is 3.